The van der Waals surface area contributed by atoms with Gasteiger partial charge < -0.3 is 71.8 Å². The van der Waals surface area contributed by atoms with E-state index in [-0.39, 0.29) is 34.1 Å². The zero-order chi connectivity index (χ0) is 24.2. The van der Waals surface area contributed by atoms with Crippen molar-refractivity contribution in [2.45, 2.75) is 20.8 Å². The molecule has 0 spiro atoms. The van der Waals surface area contributed by atoms with Crippen LogP contribution in [0, 0.1) is 0 Å². The van der Waals surface area contributed by atoms with E-state index in [2.05, 4.69) is 62.1 Å². The third-order valence-electron chi connectivity index (χ3n) is 2.65. The molecule has 0 amide bonds. The molecule has 12 nitrogen and oxygen atoms in total. The smallest absolute Gasteiger partial charge is 0.741 e. The standard InChI is InChI=1S/C8H16N6S2.C7H14N6S2.2Cu/c1-5(11-13-7(15)9-3)6(2)12-14-8(16)10-4;1-5(11-13-7(15)9-3)4-10-12-6(14)8-2;;/h1-4H3,(H2,9,13,15)(H2,10,14,16);4H,1-3H3,(H2,8,12,14)(H2,9,13,15);;/q;;2*+2/p-4. The van der Waals surface area contributed by atoms with Crippen molar-refractivity contribution in [3.05, 3.63) is 0 Å². The summed E-state index contributed by atoms with van der Waals surface area (Å²) >= 11 is 19.1. The average molecular weight is 630 g/mol. The predicted molar refractivity (Wildman–Crippen MR) is 143 cm³/mol. The first-order valence-electron chi connectivity index (χ1n) is 8.48. The Kier molecular flexibility index (Phi) is 29.5. The van der Waals surface area contributed by atoms with E-state index in [1.807, 2.05) is 0 Å². The van der Waals surface area contributed by atoms with Gasteiger partial charge in [-0.05, 0) is 41.4 Å². The van der Waals surface area contributed by atoms with Crippen molar-refractivity contribution in [1.29, 1.82) is 0 Å². The maximum absolute atomic E-state index is 4.81. The van der Waals surface area contributed by atoms with Crippen molar-refractivity contribution in [3.8, 4) is 0 Å². The summed E-state index contributed by atoms with van der Waals surface area (Å²) in [7, 11) is 6.70. The number of amidine groups is 4. The molecule has 0 aromatic carbocycles. The fourth-order valence-electron chi connectivity index (χ4n) is 0.901. The second-order valence-electron chi connectivity index (χ2n) is 4.98. The molecule has 0 bridgehead atoms. The number of nitrogens with one attached hydrogen (secondary N) is 4. The van der Waals surface area contributed by atoms with Crippen LogP contribution in [-0.4, -0.2) is 72.2 Å². The Morgan fingerprint density at radius 3 is 1.15 bits per heavy atom. The first-order valence-corrected chi connectivity index (χ1v) is 10.1. The molecule has 0 saturated carbocycles. The second kappa shape index (κ2) is 25.1. The van der Waals surface area contributed by atoms with E-state index >= 15 is 0 Å². The molecule has 33 heavy (non-hydrogen) atoms. The summed E-state index contributed by atoms with van der Waals surface area (Å²) in [5, 5.41) is 42.0. The minimum absolute atomic E-state index is 0. The van der Waals surface area contributed by atoms with Gasteiger partial charge in [0.2, 0.25) is 0 Å². The summed E-state index contributed by atoms with van der Waals surface area (Å²) in [6, 6.07) is 0. The van der Waals surface area contributed by atoms with Crippen LogP contribution in [0.3, 0.4) is 0 Å². The van der Waals surface area contributed by atoms with Gasteiger partial charge >= 0.3 is 34.1 Å². The molecule has 4 N–H and O–H groups in total. The molecule has 0 aromatic heterocycles. The van der Waals surface area contributed by atoms with Gasteiger partial charge in [-0.1, -0.05) is 0 Å². The normalized spacial score (nSPS) is 13.8. The fraction of sp³-hybridized carbons (Fsp3) is 0.467. The van der Waals surface area contributed by atoms with Crippen LogP contribution in [0.25, 0.3) is 0 Å². The van der Waals surface area contributed by atoms with E-state index < -0.39 is 0 Å². The summed E-state index contributed by atoms with van der Waals surface area (Å²) in [4.78, 5) is 0. The van der Waals surface area contributed by atoms with Crippen LogP contribution in [0.15, 0.2) is 40.8 Å². The van der Waals surface area contributed by atoms with Gasteiger partial charge in [0.05, 0.1) is 23.3 Å². The zero-order valence-electron chi connectivity index (χ0n) is 18.9. The van der Waals surface area contributed by atoms with Crippen molar-refractivity contribution >= 4 is 94.5 Å². The van der Waals surface area contributed by atoms with Crippen LogP contribution in [0.2, 0.25) is 0 Å². The molecular weight excluding hydrogens is 604 g/mol. The van der Waals surface area contributed by atoms with Gasteiger partial charge in [-0.2, -0.15) is 40.8 Å². The van der Waals surface area contributed by atoms with Crippen molar-refractivity contribution in [1.82, 2.24) is 21.3 Å². The van der Waals surface area contributed by atoms with Gasteiger partial charge in [-0.15, -0.1) is 0 Å². The summed E-state index contributed by atoms with van der Waals surface area (Å²) in [5.74, 6) is 0. The molecule has 18 heteroatoms. The topological polar surface area (TPSA) is 147 Å². The Bertz CT molecular complexity index is 758. The zero-order valence-corrected chi connectivity index (χ0v) is 24.0. The van der Waals surface area contributed by atoms with E-state index in [1.54, 1.807) is 49.0 Å². The van der Waals surface area contributed by atoms with Crippen LogP contribution in [0.4, 0.5) is 0 Å². The van der Waals surface area contributed by atoms with Crippen molar-refractivity contribution < 1.29 is 34.1 Å². The first kappa shape index (κ1) is 38.7. The maximum Gasteiger partial charge on any atom is 2.00 e. The van der Waals surface area contributed by atoms with Gasteiger partial charge in [-0.3, -0.25) is 0 Å². The molecule has 192 valence electrons. The van der Waals surface area contributed by atoms with E-state index in [1.165, 1.54) is 6.21 Å². The van der Waals surface area contributed by atoms with Crippen LogP contribution < -0.4 is 21.3 Å². The number of nitrogens with zero attached hydrogens (tertiary/aromatic N) is 8. The summed E-state index contributed by atoms with van der Waals surface area (Å²) in [5.41, 5.74) is 1.83. The Labute approximate surface area is 238 Å². The largest absolute Gasteiger partial charge is 2.00 e. The fourth-order valence-corrected chi connectivity index (χ4v) is 1.07. The quantitative estimate of drug-likeness (QED) is 0.102. The minimum Gasteiger partial charge on any atom is -0.741 e. The maximum atomic E-state index is 4.81. The molecule has 0 aliphatic heterocycles. The van der Waals surface area contributed by atoms with Crippen molar-refractivity contribution in [2.75, 3.05) is 28.2 Å². The SMILES string of the molecule is CNC([S-])=NN=C(C)C(C)=NN=C([S-])NC.CNC([S-])=NN=CC(C)=NN=C([S-])NC.[Cu+2].[Cu+2]. The van der Waals surface area contributed by atoms with E-state index in [0.29, 0.717) is 37.8 Å². The molecule has 0 aliphatic rings. The molecular formula is C15H26Cu2N12S4. The average Bonchev–Trinajstić information content (AvgIpc) is 2.78. The van der Waals surface area contributed by atoms with E-state index in [4.69, 9.17) is 50.5 Å². The molecule has 0 heterocycles. The summed E-state index contributed by atoms with van der Waals surface area (Å²) < 4.78 is 0. The van der Waals surface area contributed by atoms with Crippen LogP contribution in [0.1, 0.15) is 20.8 Å². The Morgan fingerprint density at radius 1 is 0.515 bits per heavy atom. The van der Waals surface area contributed by atoms with E-state index in [0.717, 1.165) is 0 Å². The molecule has 0 aromatic rings. The van der Waals surface area contributed by atoms with Crippen LogP contribution in [0.5, 0.6) is 0 Å². The summed E-state index contributed by atoms with van der Waals surface area (Å²) in [6.07, 6.45) is 1.44. The molecule has 0 aliphatic carbocycles. The molecule has 0 fully saturated rings. The molecule has 0 unspecified atom stereocenters. The van der Waals surface area contributed by atoms with Gasteiger partial charge in [0.25, 0.3) is 0 Å². The molecule has 0 saturated heterocycles. The third kappa shape index (κ3) is 24.9. The van der Waals surface area contributed by atoms with Crippen molar-refractivity contribution in [2.24, 2.45) is 40.8 Å². The Balaban J connectivity index is -0.000000241. The Hall–Kier alpha value is -1.52. The molecule has 0 rings (SSSR count). The minimum atomic E-state index is 0. The van der Waals surface area contributed by atoms with Crippen LogP contribution >= 0.6 is 0 Å². The predicted octanol–water partition coefficient (Wildman–Crippen LogP) is -0.429. The molecule has 2 radical (unpaired) electrons. The Morgan fingerprint density at radius 2 is 0.818 bits per heavy atom. The van der Waals surface area contributed by atoms with Gasteiger partial charge in [0.15, 0.2) is 0 Å². The van der Waals surface area contributed by atoms with Crippen molar-refractivity contribution in [3.63, 3.8) is 0 Å². The third-order valence-corrected chi connectivity index (χ3v) is 3.80. The molecule has 0 atom stereocenters. The van der Waals surface area contributed by atoms with Gasteiger partial charge in [-0.25, -0.2) is 0 Å². The van der Waals surface area contributed by atoms with Gasteiger partial charge in [0, 0.05) is 28.2 Å². The second-order valence-corrected chi connectivity index (χ2v) is 6.52. The first-order chi connectivity index (χ1) is 14.6. The van der Waals surface area contributed by atoms with Crippen LogP contribution in [-0.2, 0) is 84.7 Å². The van der Waals surface area contributed by atoms with Gasteiger partial charge in [0.1, 0.15) is 0 Å². The number of rotatable bonds is 6. The summed E-state index contributed by atoms with van der Waals surface area (Å²) in [6.45, 7) is 5.25. The van der Waals surface area contributed by atoms with E-state index in [9.17, 15) is 0 Å². The monoisotopic (exact) mass is 628 g/mol. The number of hydrogen-bond donors (Lipinski definition) is 4. The number of hydrogen-bond acceptors (Lipinski definition) is 12.